The Morgan fingerprint density at radius 1 is 0.227 bits per heavy atom. The number of nitriles is 1. The summed E-state index contributed by atoms with van der Waals surface area (Å²) in [4.78, 5) is 4.87. The molecule has 0 saturated heterocycles. The van der Waals surface area contributed by atoms with E-state index < -0.39 is 10.8 Å². The Morgan fingerprint density at radius 2 is 0.580 bits per heavy atom. The molecule has 0 saturated carbocycles. The second kappa shape index (κ2) is 27.2. The highest BCUT2D eigenvalue weighted by Gasteiger charge is 2.49. The third kappa shape index (κ3) is 10.5. The molecule has 558 valence electrons. The minimum atomic E-state index is -0.724. The van der Waals surface area contributed by atoms with Crippen LogP contribution in [-0.4, -0.2) is 9.13 Å². The van der Waals surface area contributed by atoms with Crippen LogP contribution < -0.4 is 9.80 Å². The zero-order valence-electron chi connectivity index (χ0n) is 65.7. The van der Waals surface area contributed by atoms with E-state index >= 15 is 0 Å². The third-order valence-corrected chi connectivity index (χ3v) is 26.1. The summed E-state index contributed by atoms with van der Waals surface area (Å²) in [6.07, 6.45) is 0. The molecule has 119 heavy (non-hydrogen) atoms. The summed E-state index contributed by atoms with van der Waals surface area (Å²) < 4.78 is 4.84. The molecule has 2 heterocycles. The number of rotatable bonds is 14. The monoisotopic (exact) mass is 1520 g/mol. The molecule has 0 N–H and O–H groups in total. The van der Waals surface area contributed by atoms with Gasteiger partial charge in [0.05, 0.1) is 44.5 Å². The van der Waals surface area contributed by atoms with Crippen molar-refractivity contribution >= 4 is 77.7 Å². The maximum atomic E-state index is 10.2. The minimum Gasteiger partial charge on any atom is -0.310 e. The highest BCUT2D eigenvalue weighted by atomic mass is 15.2. The molecule has 3 aliphatic carbocycles. The Bertz CT molecular complexity index is 7400. The average molecular weight is 1520 g/mol. The van der Waals surface area contributed by atoms with E-state index in [-0.39, 0.29) is 5.41 Å². The predicted molar refractivity (Wildman–Crippen MR) is 492 cm³/mol. The summed E-state index contributed by atoms with van der Waals surface area (Å²) in [7, 11) is 0. The van der Waals surface area contributed by atoms with Gasteiger partial charge in [-0.2, -0.15) is 5.26 Å². The summed E-state index contributed by atoms with van der Waals surface area (Å²) in [5.41, 5.74) is 36.4. The van der Waals surface area contributed by atoms with Crippen molar-refractivity contribution in [3.63, 3.8) is 0 Å². The van der Waals surface area contributed by atoms with Gasteiger partial charge in [0.1, 0.15) is 0 Å². The van der Waals surface area contributed by atoms with Crippen LogP contribution >= 0.6 is 0 Å². The maximum absolute atomic E-state index is 10.2. The first-order chi connectivity index (χ1) is 58.7. The number of nitrogens with zero attached hydrogens (tertiary/aromatic N) is 5. The van der Waals surface area contributed by atoms with Crippen molar-refractivity contribution in [1.29, 1.82) is 5.26 Å². The predicted octanol–water partition coefficient (Wildman–Crippen LogP) is 29.1. The number of fused-ring (bicyclic) bond motifs is 15. The first-order valence-corrected chi connectivity index (χ1v) is 41.2. The summed E-state index contributed by atoms with van der Waals surface area (Å²) in [5, 5.41) is 14.9. The maximum Gasteiger partial charge on any atom is 0.0991 e. The van der Waals surface area contributed by atoms with Gasteiger partial charge in [0, 0.05) is 72.5 Å². The van der Waals surface area contributed by atoms with Gasteiger partial charge in [-0.15, -0.1) is 0 Å². The number of benzene rings is 18. The molecule has 3 aliphatic rings. The largest absolute Gasteiger partial charge is 0.310 e. The topological polar surface area (TPSA) is 40.1 Å². The first kappa shape index (κ1) is 69.2. The van der Waals surface area contributed by atoms with Gasteiger partial charge >= 0.3 is 0 Å². The van der Waals surface area contributed by atoms with Crippen LogP contribution in [0.15, 0.2) is 431 Å². The molecular weight excluding hydrogens is 1440 g/mol. The number of para-hydroxylation sites is 3. The Labute approximate surface area is 692 Å². The second-order valence-electron chi connectivity index (χ2n) is 32.5. The van der Waals surface area contributed by atoms with E-state index in [4.69, 9.17) is 0 Å². The first-order valence-electron chi connectivity index (χ1n) is 41.2. The molecule has 0 fully saturated rings. The van der Waals surface area contributed by atoms with E-state index in [9.17, 15) is 5.26 Å². The zero-order chi connectivity index (χ0) is 79.1. The Hall–Kier alpha value is -15.4. The lowest BCUT2D eigenvalue weighted by Gasteiger charge is -2.35. The molecule has 0 aliphatic heterocycles. The van der Waals surface area contributed by atoms with E-state index in [2.05, 4.69) is 457 Å². The van der Waals surface area contributed by atoms with Crippen LogP contribution in [0.1, 0.15) is 75.0 Å². The molecule has 5 heteroatoms. The van der Waals surface area contributed by atoms with Crippen LogP contribution in [0.3, 0.4) is 0 Å². The highest BCUT2D eigenvalue weighted by Crippen LogP contribution is 2.61. The standard InChI is InChI=1S/C114H77N5/c1-112(2)102-42-24-21-39-92(102)94-61-56-89(71-105(94)112)117(91-57-62-95-93-40-22-25-43-103(93)113(106(95)73-91,80-27-9-3-10-28-80)81-29-11-4-12-30-81)88-59-66-110-101(70-88)98-60-49-79(69-111(98)119(110)85-37-19-8-20-38-85)78-50-64-104-99(67-78)96-63-58-90(72-107(96)114(104,82-31-13-5-14-32-82)83-33-15-6-16-34-83)116(86-52-45-75(74-115)46-53-86)87-54-47-76(48-55-87)77-51-65-109-100(68-77)97-41-23-26-44-108(97)118(109)84-35-17-7-18-36-84/h3-73H,1-2H3. The van der Waals surface area contributed by atoms with Crippen LogP contribution in [0.25, 0.3) is 111 Å². The van der Waals surface area contributed by atoms with Crippen LogP contribution in [0, 0.1) is 11.3 Å². The van der Waals surface area contributed by atoms with Crippen LogP contribution in [0.2, 0.25) is 0 Å². The molecule has 0 amide bonds. The SMILES string of the molecule is CC1(C)c2ccccc2-c2ccc(N(c3ccc4c(c3)C(c3ccccc3)(c3ccccc3)c3ccccc3-4)c3ccc4c(c3)c3ccc(-c5ccc6c(c5)-c5ccc(N(c7ccc(C#N)cc7)c7ccc(-c8ccc9c(c8)c8ccccc8n9-c8ccccc8)cc7)cc5C6(c5ccccc5)c5ccccc5)cc3n4-c3ccccc3)cc21. The van der Waals surface area contributed by atoms with Gasteiger partial charge in [-0.05, 0) is 257 Å². The zero-order valence-corrected chi connectivity index (χ0v) is 65.7. The van der Waals surface area contributed by atoms with E-state index in [1.165, 1.54) is 111 Å². The van der Waals surface area contributed by atoms with Crippen LogP contribution in [0.5, 0.6) is 0 Å². The third-order valence-electron chi connectivity index (χ3n) is 26.1. The Morgan fingerprint density at radius 3 is 1.15 bits per heavy atom. The van der Waals surface area contributed by atoms with Crippen LogP contribution in [0.4, 0.5) is 34.1 Å². The normalized spacial score (nSPS) is 13.5. The van der Waals surface area contributed by atoms with Crippen molar-refractivity contribution in [3.8, 4) is 73.1 Å². The fraction of sp³-hybridized carbons (Fsp3) is 0.0439. The molecule has 0 spiro atoms. The lowest BCUT2D eigenvalue weighted by molar-refractivity contribution is 0.660. The summed E-state index contributed by atoms with van der Waals surface area (Å²) in [5.74, 6) is 0. The molecule has 0 atom stereocenters. The van der Waals surface area contributed by atoms with Gasteiger partial charge in [0.15, 0.2) is 0 Å². The average Bonchev–Trinajstić information content (AvgIpc) is 1.38. The van der Waals surface area contributed by atoms with Crippen molar-refractivity contribution in [2.24, 2.45) is 0 Å². The summed E-state index contributed by atoms with van der Waals surface area (Å²) in [6, 6.07) is 162. The highest BCUT2D eigenvalue weighted by molar-refractivity contribution is 6.13. The molecular formula is C114H77N5. The molecule has 0 bridgehead atoms. The van der Waals surface area contributed by atoms with E-state index in [0.29, 0.717) is 5.56 Å². The van der Waals surface area contributed by atoms with Crippen molar-refractivity contribution in [2.45, 2.75) is 30.1 Å². The summed E-state index contributed by atoms with van der Waals surface area (Å²) >= 11 is 0. The molecule has 5 nitrogen and oxygen atoms in total. The molecule has 0 radical (unpaired) electrons. The number of hydrogen-bond acceptors (Lipinski definition) is 3. The molecule has 20 aromatic rings. The fourth-order valence-corrected chi connectivity index (χ4v) is 20.8. The van der Waals surface area contributed by atoms with Gasteiger partial charge in [-0.1, -0.05) is 299 Å². The number of aromatic nitrogens is 2. The van der Waals surface area contributed by atoms with E-state index in [1.807, 2.05) is 12.1 Å². The van der Waals surface area contributed by atoms with Gasteiger partial charge < -0.3 is 18.9 Å². The molecule has 23 rings (SSSR count). The van der Waals surface area contributed by atoms with Gasteiger partial charge in [-0.3, -0.25) is 0 Å². The quantitative estimate of drug-likeness (QED) is 0.109. The van der Waals surface area contributed by atoms with E-state index in [1.54, 1.807) is 0 Å². The Kier molecular flexibility index (Phi) is 15.8. The second-order valence-corrected chi connectivity index (χ2v) is 32.5. The van der Waals surface area contributed by atoms with Gasteiger partial charge in [0.2, 0.25) is 0 Å². The lowest BCUT2D eigenvalue weighted by atomic mass is 9.67. The number of anilines is 6. The molecule has 18 aromatic carbocycles. The van der Waals surface area contributed by atoms with Crippen LogP contribution in [-0.2, 0) is 16.2 Å². The Balaban J connectivity index is 0.677. The molecule has 2 aromatic heterocycles. The van der Waals surface area contributed by atoms with Crippen molar-refractivity contribution in [2.75, 3.05) is 9.80 Å². The fourth-order valence-electron chi connectivity index (χ4n) is 20.8. The lowest BCUT2D eigenvalue weighted by Crippen LogP contribution is -2.28. The van der Waals surface area contributed by atoms with Crippen molar-refractivity contribution in [1.82, 2.24) is 9.13 Å². The molecule has 0 unspecified atom stereocenters. The van der Waals surface area contributed by atoms with Crippen molar-refractivity contribution < 1.29 is 0 Å². The van der Waals surface area contributed by atoms with Crippen molar-refractivity contribution in [3.05, 3.63) is 492 Å². The summed E-state index contributed by atoms with van der Waals surface area (Å²) in [6.45, 7) is 4.77. The number of hydrogen-bond donors (Lipinski definition) is 0. The smallest absolute Gasteiger partial charge is 0.0991 e. The van der Waals surface area contributed by atoms with Gasteiger partial charge in [-0.25, -0.2) is 0 Å². The van der Waals surface area contributed by atoms with Gasteiger partial charge in [0.25, 0.3) is 0 Å². The van der Waals surface area contributed by atoms with E-state index in [0.717, 1.165) is 89.6 Å². The minimum absolute atomic E-state index is 0.231.